The van der Waals surface area contributed by atoms with Crippen LogP contribution in [0.2, 0.25) is 0 Å². The molecule has 2 aromatic rings. The van der Waals surface area contributed by atoms with Crippen molar-refractivity contribution in [1.82, 2.24) is 10.2 Å². The van der Waals surface area contributed by atoms with E-state index in [9.17, 15) is 9.18 Å². The summed E-state index contributed by atoms with van der Waals surface area (Å²) in [6.07, 6.45) is 0.758. The third-order valence-electron chi connectivity index (χ3n) is 3.01. The van der Waals surface area contributed by atoms with E-state index in [0.717, 1.165) is 5.56 Å². The van der Waals surface area contributed by atoms with Crippen LogP contribution in [-0.4, -0.2) is 21.3 Å². The largest absolute Gasteiger partial charge is 0.481 e. The third-order valence-corrected chi connectivity index (χ3v) is 3.01. The van der Waals surface area contributed by atoms with Crippen LogP contribution in [0.4, 0.5) is 4.39 Å². The van der Waals surface area contributed by atoms with Crippen molar-refractivity contribution in [2.45, 2.75) is 33.1 Å². The van der Waals surface area contributed by atoms with Crippen LogP contribution in [0.25, 0.3) is 0 Å². The summed E-state index contributed by atoms with van der Waals surface area (Å²) >= 11 is 0. The molecule has 1 N–H and O–H groups in total. The molecule has 0 aliphatic carbocycles. The van der Waals surface area contributed by atoms with Gasteiger partial charge >= 0.3 is 5.97 Å². The Kier molecular flexibility index (Phi) is 4.35. The number of hydrogen-bond donors (Lipinski definition) is 1. The maximum Gasteiger partial charge on any atom is 0.303 e. The molecule has 0 fully saturated rings. The van der Waals surface area contributed by atoms with Crippen LogP contribution < -0.4 is 0 Å². The highest BCUT2D eigenvalue weighted by atomic mass is 19.1. The number of hydrogen-bond acceptors (Lipinski definition) is 4. The summed E-state index contributed by atoms with van der Waals surface area (Å²) in [6.45, 7) is 3.66. The zero-order chi connectivity index (χ0) is 15.5. The first kappa shape index (κ1) is 15.2. The molecular formula is C15H17FN2O3. The molecule has 6 heteroatoms. The van der Waals surface area contributed by atoms with E-state index in [4.69, 9.17) is 9.52 Å². The average molecular weight is 292 g/mol. The highest BCUT2D eigenvalue weighted by molar-refractivity contribution is 5.67. The van der Waals surface area contributed by atoms with Crippen LogP contribution in [-0.2, 0) is 17.6 Å². The lowest BCUT2D eigenvalue weighted by Gasteiger charge is -2.19. The molecule has 1 aromatic carbocycles. The molecule has 21 heavy (non-hydrogen) atoms. The second-order valence-corrected chi connectivity index (χ2v) is 5.81. The molecule has 2 rings (SSSR count). The van der Waals surface area contributed by atoms with Crippen molar-refractivity contribution in [3.63, 3.8) is 0 Å². The fourth-order valence-electron chi connectivity index (χ4n) is 2.13. The molecule has 0 amide bonds. The van der Waals surface area contributed by atoms with Gasteiger partial charge in [-0.05, 0) is 23.1 Å². The Morgan fingerprint density at radius 1 is 1.33 bits per heavy atom. The van der Waals surface area contributed by atoms with Crippen LogP contribution in [0.5, 0.6) is 0 Å². The molecule has 0 bridgehead atoms. The molecule has 0 unspecified atom stereocenters. The quantitative estimate of drug-likeness (QED) is 0.886. The van der Waals surface area contributed by atoms with E-state index >= 15 is 0 Å². The van der Waals surface area contributed by atoms with E-state index in [1.165, 1.54) is 12.1 Å². The van der Waals surface area contributed by atoms with Gasteiger partial charge in [0.15, 0.2) is 0 Å². The smallest absolute Gasteiger partial charge is 0.303 e. The molecule has 5 nitrogen and oxygen atoms in total. The minimum atomic E-state index is -0.862. The molecule has 0 radical (unpaired) electrons. The predicted octanol–water partition coefficient (Wildman–Crippen LogP) is 2.84. The first-order chi connectivity index (χ1) is 9.84. The van der Waals surface area contributed by atoms with Crippen molar-refractivity contribution in [2.75, 3.05) is 0 Å². The van der Waals surface area contributed by atoms with Gasteiger partial charge in [0.1, 0.15) is 5.82 Å². The van der Waals surface area contributed by atoms with Gasteiger partial charge in [0.2, 0.25) is 11.8 Å². The highest BCUT2D eigenvalue weighted by Crippen LogP contribution is 2.25. The fraction of sp³-hybridized carbons (Fsp3) is 0.400. The minimum absolute atomic E-state index is 0.0224. The summed E-state index contributed by atoms with van der Waals surface area (Å²) in [5, 5.41) is 16.7. The van der Waals surface area contributed by atoms with Crippen molar-refractivity contribution in [3.8, 4) is 0 Å². The second kappa shape index (κ2) is 6.03. The number of nitrogens with zero attached hydrogens (tertiary/aromatic N) is 2. The molecule has 0 atom stereocenters. The van der Waals surface area contributed by atoms with Gasteiger partial charge in [-0.2, -0.15) is 0 Å². The summed E-state index contributed by atoms with van der Waals surface area (Å²) in [5.41, 5.74) is 0.282. The Labute approximate surface area is 121 Å². The molecule has 0 aliphatic heterocycles. The summed E-state index contributed by atoms with van der Waals surface area (Å²) in [6, 6.07) is 6.19. The van der Waals surface area contributed by atoms with Gasteiger partial charge in [0, 0.05) is 6.42 Å². The molecule has 0 spiro atoms. The monoisotopic (exact) mass is 292 g/mol. The van der Waals surface area contributed by atoms with Gasteiger partial charge in [0.05, 0.1) is 12.8 Å². The topological polar surface area (TPSA) is 76.2 Å². The number of aliphatic carboxylic acids is 1. The number of rotatable bonds is 6. The number of benzene rings is 1. The maximum absolute atomic E-state index is 13.1. The molecule has 1 heterocycles. The lowest BCUT2D eigenvalue weighted by atomic mass is 9.86. The molecule has 0 saturated carbocycles. The van der Waals surface area contributed by atoms with Crippen LogP contribution in [0.1, 0.15) is 37.6 Å². The number of carboxylic acids is 1. The standard InChI is InChI=1S/C15H17FN2O3/c1-15(2,9-14(19)20)8-13-18-17-12(21-13)7-10-4-3-5-11(16)6-10/h3-6H,7-9H2,1-2H3,(H,19,20). The van der Waals surface area contributed by atoms with E-state index in [2.05, 4.69) is 10.2 Å². The minimum Gasteiger partial charge on any atom is -0.481 e. The number of halogens is 1. The second-order valence-electron chi connectivity index (χ2n) is 5.81. The van der Waals surface area contributed by atoms with Crippen molar-refractivity contribution >= 4 is 5.97 Å². The van der Waals surface area contributed by atoms with E-state index < -0.39 is 11.4 Å². The predicted molar refractivity (Wildman–Crippen MR) is 73.2 cm³/mol. The van der Waals surface area contributed by atoms with Crippen LogP contribution in [0.3, 0.4) is 0 Å². The van der Waals surface area contributed by atoms with Crippen molar-refractivity contribution < 1.29 is 18.7 Å². The van der Waals surface area contributed by atoms with Crippen molar-refractivity contribution in [3.05, 3.63) is 47.4 Å². The Balaban J connectivity index is 2.03. The lowest BCUT2D eigenvalue weighted by Crippen LogP contribution is -2.19. The van der Waals surface area contributed by atoms with Crippen LogP contribution >= 0.6 is 0 Å². The van der Waals surface area contributed by atoms with E-state index in [1.807, 2.05) is 13.8 Å². The first-order valence-electron chi connectivity index (χ1n) is 6.61. The molecule has 1 aromatic heterocycles. The highest BCUT2D eigenvalue weighted by Gasteiger charge is 2.25. The summed E-state index contributed by atoms with van der Waals surface area (Å²) in [4.78, 5) is 10.8. The van der Waals surface area contributed by atoms with Crippen LogP contribution in [0, 0.1) is 11.2 Å². The number of carbonyl (C=O) groups is 1. The van der Waals surface area contributed by atoms with Crippen LogP contribution in [0.15, 0.2) is 28.7 Å². The van der Waals surface area contributed by atoms with E-state index in [0.29, 0.717) is 24.6 Å². The third kappa shape index (κ3) is 4.66. The Bertz CT molecular complexity index is 637. The Morgan fingerprint density at radius 3 is 2.71 bits per heavy atom. The summed E-state index contributed by atoms with van der Waals surface area (Å²) < 4.78 is 18.6. The van der Waals surface area contributed by atoms with Crippen molar-refractivity contribution in [1.29, 1.82) is 0 Å². The van der Waals surface area contributed by atoms with Gasteiger partial charge in [-0.25, -0.2) is 4.39 Å². The number of aromatic nitrogens is 2. The normalized spacial score (nSPS) is 11.6. The average Bonchev–Trinajstić information content (AvgIpc) is 2.73. The number of carboxylic acid groups (broad SMARTS) is 1. The SMILES string of the molecule is CC(C)(CC(=O)O)Cc1nnc(Cc2cccc(F)c2)o1. The zero-order valence-electron chi connectivity index (χ0n) is 12.0. The van der Waals surface area contributed by atoms with Crippen molar-refractivity contribution in [2.24, 2.45) is 5.41 Å². The van der Waals surface area contributed by atoms with E-state index in [1.54, 1.807) is 12.1 Å². The van der Waals surface area contributed by atoms with Gasteiger partial charge in [-0.3, -0.25) is 4.79 Å². The zero-order valence-corrected chi connectivity index (χ0v) is 12.0. The summed E-state index contributed by atoms with van der Waals surface area (Å²) in [5.74, 6) is -0.385. The molecular weight excluding hydrogens is 275 g/mol. The Hall–Kier alpha value is -2.24. The van der Waals surface area contributed by atoms with Gasteiger partial charge in [0.25, 0.3) is 0 Å². The maximum atomic E-state index is 13.1. The molecule has 112 valence electrons. The lowest BCUT2D eigenvalue weighted by molar-refractivity contribution is -0.139. The fourth-order valence-corrected chi connectivity index (χ4v) is 2.13. The summed E-state index contributed by atoms with van der Waals surface area (Å²) in [7, 11) is 0. The van der Waals surface area contributed by atoms with Gasteiger partial charge in [-0.1, -0.05) is 26.0 Å². The first-order valence-corrected chi connectivity index (χ1v) is 6.61. The molecule has 0 saturated heterocycles. The van der Waals surface area contributed by atoms with E-state index in [-0.39, 0.29) is 12.2 Å². The molecule has 0 aliphatic rings. The van der Waals surface area contributed by atoms with Gasteiger partial charge < -0.3 is 9.52 Å². The van der Waals surface area contributed by atoms with Gasteiger partial charge in [-0.15, -0.1) is 10.2 Å². The Morgan fingerprint density at radius 2 is 2.05 bits per heavy atom.